The van der Waals surface area contributed by atoms with Crippen molar-refractivity contribution >= 4 is 11.8 Å². The lowest BCUT2D eigenvalue weighted by atomic mass is 10.5. The second-order valence-corrected chi connectivity index (χ2v) is 4.84. The Morgan fingerprint density at radius 3 is 3.12 bits per heavy atom. The van der Waals surface area contributed by atoms with Crippen molar-refractivity contribution in [1.82, 2.24) is 10.1 Å². The number of ether oxygens (including phenoxy) is 1. The molecule has 2 aromatic heterocycles. The summed E-state index contributed by atoms with van der Waals surface area (Å²) in [5.41, 5.74) is 0. The van der Waals surface area contributed by atoms with Crippen molar-refractivity contribution in [2.24, 2.45) is 0 Å². The topological polar surface area (TPSA) is 61.3 Å². The molecular weight excluding hydrogens is 240 g/mol. The standard InChI is InChI=1S/C11H14N2O3S/c1-8(17-7-9-4-3-5-15-9)11-12-10(6-14-2)13-16-11/h3-5,8H,6-7H2,1-2H3/t8-/m0/s1. The van der Waals surface area contributed by atoms with Gasteiger partial charge in [-0.2, -0.15) is 4.98 Å². The highest BCUT2D eigenvalue weighted by molar-refractivity contribution is 7.98. The van der Waals surface area contributed by atoms with E-state index < -0.39 is 0 Å². The zero-order valence-corrected chi connectivity index (χ0v) is 10.6. The highest BCUT2D eigenvalue weighted by Crippen LogP contribution is 2.29. The number of methoxy groups -OCH3 is 1. The van der Waals surface area contributed by atoms with Crippen molar-refractivity contribution in [3.8, 4) is 0 Å². The minimum atomic E-state index is 0.137. The average molecular weight is 254 g/mol. The van der Waals surface area contributed by atoms with E-state index >= 15 is 0 Å². The highest BCUT2D eigenvalue weighted by atomic mass is 32.2. The SMILES string of the molecule is COCc1noc([C@H](C)SCc2ccco2)n1. The number of furan rings is 1. The quantitative estimate of drug-likeness (QED) is 0.790. The molecule has 2 aromatic rings. The molecule has 0 fully saturated rings. The molecule has 0 amide bonds. The Morgan fingerprint density at radius 1 is 1.53 bits per heavy atom. The largest absolute Gasteiger partial charge is 0.468 e. The van der Waals surface area contributed by atoms with E-state index in [4.69, 9.17) is 13.7 Å². The molecule has 0 spiro atoms. The Bertz CT molecular complexity index is 441. The maximum absolute atomic E-state index is 5.26. The first-order chi connectivity index (χ1) is 8.29. The molecule has 0 bridgehead atoms. The van der Waals surface area contributed by atoms with Gasteiger partial charge in [-0.3, -0.25) is 0 Å². The summed E-state index contributed by atoms with van der Waals surface area (Å²) in [7, 11) is 1.60. The molecule has 0 radical (unpaired) electrons. The molecule has 92 valence electrons. The van der Waals surface area contributed by atoms with Crippen LogP contribution in [0.15, 0.2) is 27.3 Å². The number of rotatable bonds is 6. The molecule has 0 saturated heterocycles. The van der Waals surface area contributed by atoms with E-state index in [1.54, 1.807) is 25.1 Å². The van der Waals surface area contributed by atoms with Gasteiger partial charge in [0, 0.05) is 7.11 Å². The van der Waals surface area contributed by atoms with Crippen LogP contribution in [-0.2, 0) is 17.1 Å². The maximum atomic E-state index is 5.26. The molecule has 0 N–H and O–H groups in total. The Kier molecular flexibility index (Phi) is 4.22. The van der Waals surface area contributed by atoms with Crippen molar-refractivity contribution in [3.05, 3.63) is 35.9 Å². The van der Waals surface area contributed by atoms with Crippen LogP contribution in [0.3, 0.4) is 0 Å². The smallest absolute Gasteiger partial charge is 0.239 e. The first-order valence-corrected chi connectivity index (χ1v) is 6.30. The summed E-state index contributed by atoms with van der Waals surface area (Å²) in [6, 6.07) is 3.83. The van der Waals surface area contributed by atoms with Gasteiger partial charge in [-0.05, 0) is 19.1 Å². The minimum absolute atomic E-state index is 0.137. The summed E-state index contributed by atoms with van der Waals surface area (Å²) < 4.78 is 15.3. The van der Waals surface area contributed by atoms with Crippen LogP contribution in [0.25, 0.3) is 0 Å². The Balaban J connectivity index is 1.88. The number of hydrogen-bond acceptors (Lipinski definition) is 6. The van der Waals surface area contributed by atoms with Gasteiger partial charge in [-0.25, -0.2) is 0 Å². The van der Waals surface area contributed by atoms with Crippen LogP contribution in [0.5, 0.6) is 0 Å². The van der Waals surface area contributed by atoms with Gasteiger partial charge in [0.15, 0.2) is 5.82 Å². The molecule has 0 aliphatic rings. The first-order valence-electron chi connectivity index (χ1n) is 5.25. The minimum Gasteiger partial charge on any atom is -0.468 e. The number of hydrogen-bond donors (Lipinski definition) is 0. The van der Waals surface area contributed by atoms with Gasteiger partial charge >= 0.3 is 0 Å². The maximum Gasteiger partial charge on any atom is 0.239 e. The summed E-state index contributed by atoms with van der Waals surface area (Å²) in [6.45, 7) is 2.40. The predicted molar refractivity (Wildman–Crippen MR) is 63.4 cm³/mol. The van der Waals surface area contributed by atoms with E-state index in [1.165, 1.54) is 0 Å². The number of thioether (sulfide) groups is 1. The van der Waals surface area contributed by atoms with E-state index in [2.05, 4.69) is 10.1 Å². The summed E-state index contributed by atoms with van der Waals surface area (Å²) in [5, 5.41) is 3.96. The molecule has 0 saturated carbocycles. The van der Waals surface area contributed by atoms with Gasteiger partial charge in [0.25, 0.3) is 0 Å². The fourth-order valence-corrected chi connectivity index (χ4v) is 2.11. The predicted octanol–water partition coefficient (Wildman–Crippen LogP) is 2.80. The number of aromatic nitrogens is 2. The monoisotopic (exact) mass is 254 g/mol. The molecule has 0 aliphatic carbocycles. The zero-order chi connectivity index (χ0) is 12.1. The first kappa shape index (κ1) is 12.2. The van der Waals surface area contributed by atoms with Crippen LogP contribution >= 0.6 is 11.8 Å². The zero-order valence-electron chi connectivity index (χ0n) is 9.75. The molecule has 2 rings (SSSR count). The molecule has 2 heterocycles. The fourth-order valence-electron chi connectivity index (χ4n) is 1.29. The van der Waals surface area contributed by atoms with E-state index in [0.29, 0.717) is 18.3 Å². The lowest BCUT2D eigenvalue weighted by molar-refractivity contribution is 0.174. The van der Waals surface area contributed by atoms with Gasteiger partial charge in [0.2, 0.25) is 5.89 Å². The second kappa shape index (κ2) is 5.88. The van der Waals surface area contributed by atoms with E-state index in [-0.39, 0.29) is 5.25 Å². The molecule has 6 heteroatoms. The van der Waals surface area contributed by atoms with Crippen molar-refractivity contribution in [3.63, 3.8) is 0 Å². The van der Waals surface area contributed by atoms with Gasteiger partial charge < -0.3 is 13.7 Å². The van der Waals surface area contributed by atoms with Gasteiger partial charge in [-0.1, -0.05) is 5.16 Å². The lowest BCUT2D eigenvalue weighted by Gasteiger charge is -2.03. The molecule has 0 aromatic carbocycles. The van der Waals surface area contributed by atoms with Crippen molar-refractivity contribution in [2.75, 3.05) is 7.11 Å². The summed E-state index contributed by atoms with van der Waals surface area (Å²) in [6.07, 6.45) is 1.67. The van der Waals surface area contributed by atoms with Crippen molar-refractivity contribution in [2.45, 2.75) is 24.5 Å². The van der Waals surface area contributed by atoms with E-state index in [9.17, 15) is 0 Å². The van der Waals surface area contributed by atoms with E-state index in [1.807, 2.05) is 19.1 Å². The number of nitrogens with zero attached hydrogens (tertiary/aromatic N) is 2. The van der Waals surface area contributed by atoms with Gasteiger partial charge in [-0.15, -0.1) is 11.8 Å². The normalized spacial score (nSPS) is 12.8. The summed E-state index contributed by atoms with van der Waals surface area (Å²) in [4.78, 5) is 4.25. The van der Waals surface area contributed by atoms with Crippen LogP contribution in [0, 0.1) is 0 Å². The molecule has 0 aliphatic heterocycles. The van der Waals surface area contributed by atoms with Crippen molar-refractivity contribution < 1.29 is 13.7 Å². The lowest BCUT2D eigenvalue weighted by Crippen LogP contribution is -1.92. The van der Waals surface area contributed by atoms with Crippen LogP contribution in [0.4, 0.5) is 0 Å². The molecule has 17 heavy (non-hydrogen) atoms. The van der Waals surface area contributed by atoms with Crippen molar-refractivity contribution in [1.29, 1.82) is 0 Å². The van der Waals surface area contributed by atoms with Gasteiger partial charge in [0.05, 0.1) is 17.3 Å². The summed E-state index contributed by atoms with van der Waals surface area (Å²) >= 11 is 1.69. The van der Waals surface area contributed by atoms with Crippen LogP contribution in [-0.4, -0.2) is 17.3 Å². The Morgan fingerprint density at radius 2 is 2.41 bits per heavy atom. The fraction of sp³-hybridized carbons (Fsp3) is 0.455. The van der Waals surface area contributed by atoms with Crippen LogP contribution in [0.1, 0.15) is 29.6 Å². The average Bonchev–Trinajstić information content (AvgIpc) is 2.97. The molecule has 1 atom stereocenters. The van der Waals surface area contributed by atoms with E-state index in [0.717, 1.165) is 11.5 Å². The van der Waals surface area contributed by atoms with Crippen LogP contribution in [0.2, 0.25) is 0 Å². The Hall–Kier alpha value is -1.27. The third-order valence-electron chi connectivity index (χ3n) is 2.16. The third kappa shape index (κ3) is 3.34. The molecule has 0 unspecified atom stereocenters. The molecule has 5 nitrogen and oxygen atoms in total. The second-order valence-electron chi connectivity index (χ2n) is 3.51. The van der Waals surface area contributed by atoms with Crippen LogP contribution < -0.4 is 0 Å². The third-order valence-corrected chi connectivity index (χ3v) is 3.31. The molecular formula is C11H14N2O3S. The Labute approximate surface area is 104 Å². The summed E-state index contributed by atoms with van der Waals surface area (Å²) in [5.74, 6) is 2.93. The van der Waals surface area contributed by atoms with Gasteiger partial charge in [0.1, 0.15) is 12.4 Å². The highest BCUT2D eigenvalue weighted by Gasteiger charge is 2.15.